The van der Waals surface area contributed by atoms with E-state index in [1.165, 1.54) is 11.6 Å². The lowest BCUT2D eigenvalue weighted by Gasteiger charge is -2.45. The SMILES string of the molecule is N#CC1c2cccc(F)c2C(=O)N1CC1(c2ccccc2)CCC1. The number of benzene rings is 2. The first-order valence-corrected chi connectivity index (χ1v) is 8.21. The summed E-state index contributed by atoms with van der Waals surface area (Å²) in [5.74, 6) is -0.903. The van der Waals surface area contributed by atoms with Crippen LogP contribution in [0.3, 0.4) is 0 Å². The van der Waals surface area contributed by atoms with Gasteiger partial charge in [0.15, 0.2) is 0 Å². The first kappa shape index (κ1) is 14.9. The number of halogens is 1. The van der Waals surface area contributed by atoms with Crippen molar-refractivity contribution in [1.82, 2.24) is 4.90 Å². The Morgan fingerprint density at radius 2 is 1.92 bits per heavy atom. The van der Waals surface area contributed by atoms with E-state index in [2.05, 4.69) is 18.2 Å². The van der Waals surface area contributed by atoms with Crippen molar-refractivity contribution in [2.75, 3.05) is 6.54 Å². The third-order valence-electron chi connectivity index (χ3n) is 5.42. The second kappa shape index (κ2) is 5.45. The van der Waals surface area contributed by atoms with Crippen LogP contribution in [0.1, 0.15) is 46.8 Å². The molecule has 2 aromatic rings. The monoisotopic (exact) mass is 320 g/mol. The van der Waals surface area contributed by atoms with Gasteiger partial charge in [-0.3, -0.25) is 4.79 Å². The first-order valence-electron chi connectivity index (χ1n) is 8.21. The predicted octanol–water partition coefficient (Wildman–Crippen LogP) is 3.97. The van der Waals surface area contributed by atoms with Gasteiger partial charge in [-0.1, -0.05) is 48.9 Å². The molecule has 1 aliphatic heterocycles. The van der Waals surface area contributed by atoms with Crippen LogP contribution in [0, 0.1) is 17.1 Å². The van der Waals surface area contributed by atoms with Crippen molar-refractivity contribution in [3.05, 3.63) is 71.0 Å². The Hall–Kier alpha value is -2.67. The molecule has 2 aliphatic rings. The van der Waals surface area contributed by atoms with Gasteiger partial charge in [0.2, 0.25) is 0 Å². The van der Waals surface area contributed by atoms with Crippen LogP contribution in [0.25, 0.3) is 0 Å². The fourth-order valence-electron chi connectivity index (χ4n) is 3.98. The normalized spacial score (nSPS) is 21.1. The number of amides is 1. The zero-order chi connectivity index (χ0) is 16.7. The van der Waals surface area contributed by atoms with E-state index in [1.54, 1.807) is 17.0 Å². The van der Waals surface area contributed by atoms with Crippen LogP contribution >= 0.6 is 0 Å². The van der Waals surface area contributed by atoms with Gasteiger partial charge in [0.25, 0.3) is 5.91 Å². The highest BCUT2D eigenvalue weighted by Crippen LogP contribution is 2.47. The highest BCUT2D eigenvalue weighted by molar-refractivity contribution is 6.00. The molecule has 0 radical (unpaired) electrons. The molecular formula is C20H17FN2O. The minimum Gasteiger partial charge on any atom is -0.318 e. The first-order chi connectivity index (χ1) is 11.7. The molecular weight excluding hydrogens is 303 g/mol. The van der Waals surface area contributed by atoms with Crippen molar-refractivity contribution in [3.63, 3.8) is 0 Å². The van der Waals surface area contributed by atoms with Crippen LogP contribution in [0.2, 0.25) is 0 Å². The summed E-state index contributed by atoms with van der Waals surface area (Å²) in [6.45, 7) is 0.461. The van der Waals surface area contributed by atoms with Gasteiger partial charge in [-0.2, -0.15) is 5.26 Å². The minimum atomic E-state index is -0.704. The van der Waals surface area contributed by atoms with Crippen LogP contribution in [0.4, 0.5) is 4.39 Å². The van der Waals surface area contributed by atoms with Crippen molar-refractivity contribution < 1.29 is 9.18 Å². The maximum absolute atomic E-state index is 14.1. The maximum atomic E-state index is 14.1. The fraction of sp³-hybridized carbons (Fsp3) is 0.300. The average molecular weight is 320 g/mol. The van der Waals surface area contributed by atoms with Crippen LogP contribution in [0.5, 0.6) is 0 Å². The van der Waals surface area contributed by atoms with Gasteiger partial charge in [0.1, 0.15) is 11.9 Å². The summed E-state index contributed by atoms with van der Waals surface area (Å²) in [6.07, 6.45) is 3.07. The molecule has 1 atom stereocenters. The maximum Gasteiger partial charge on any atom is 0.258 e. The quantitative estimate of drug-likeness (QED) is 0.859. The molecule has 2 aromatic carbocycles. The van der Waals surface area contributed by atoms with Crippen molar-refractivity contribution in [2.45, 2.75) is 30.7 Å². The largest absolute Gasteiger partial charge is 0.318 e. The zero-order valence-corrected chi connectivity index (χ0v) is 13.2. The molecule has 1 fully saturated rings. The van der Waals surface area contributed by atoms with E-state index in [0.717, 1.165) is 19.3 Å². The molecule has 0 saturated heterocycles. The fourth-order valence-corrected chi connectivity index (χ4v) is 3.98. The van der Waals surface area contributed by atoms with E-state index in [1.807, 2.05) is 18.2 Å². The molecule has 1 heterocycles. The third-order valence-corrected chi connectivity index (χ3v) is 5.42. The molecule has 24 heavy (non-hydrogen) atoms. The number of carbonyl (C=O) groups excluding carboxylic acids is 1. The van der Waals surface area contributed by atoms with E-state index in [9.17, 15) is 14.4 Å². The number of hydrogen-bond acceptors (Lipinski definition) is 2. The number of fused-ring (bicyclic) bond motifs is 1. The second-order valence-corrected chi connectivity index (χ2v) is 6.67. The van der Waals surface area contributed by atoms with E-state index < -0.39 is 11.9 Å². The van der Waals surface area contributed by atoms with Gasteiger partial charge < -0.3 is 4.90 Å². The number of rotatable bonds is 3. The molecule has 0 aromatic heterocycles. The molecule has 4 heteroatoms. The summed E-state index contributed by atoms with van der Waals surface area (Å²) in [6, 6.07) is 16.1. The van der Waals surface area contributed by atoms with Crippen molar-refractivity contribution in [3.8, 4) is 6.07 Å². The Balaban J connectivity index is 1.72. The Labute approximate surface area is 140 Å². The zero-order valence-electron chi connectivity index (χ0n) is 13.2. The second-order valence-electron chi connectivity index (χ2n) is 6.67. The molecule has 3 nitrogen and oxygen atoms in total. The topological polar surface area (TPSA) is 44.1 Å². The van der Waals surface area contributed by atoms with Crippen molar-refractivity contribution in [2.24, 2.45) is 0 Å². The van der Waals surface area contributed by atoms with Crippen LogP contribution in [-0.4, -0.2) is 17.4 Å². The minimum absolute atomic E-state index is 0.0617. The molecule has 0 bridgehead atoms. The van der Waals surface area contributed by atoms with E-state index in [0.29, 0.717) is 12.1 Å². The number of hydrogen-bond donors (Lipinski definition) is 0. The van der Waals surface area contributed by atoms with Gasteiger partial charge in [-0.05, 0) is 24.5 Å². The highest BCUT2D eigenvalue weighted by atomic mass is 19.1. The predicted molar refractivity (Wildman–Crippen MR) is 87.8 cm³/mol. The molecule has 1 unspecified atom stereocenters. The summed E-state index contributed by atoms with van der Waals surface area (Å²) >= 11 is 0. The Kier molecular flexibility index (Phi) is 3.38. The summed E-state index contributed by atoms with van der Waals surface area (Å²) < 4.78 is 14.1. The summed E-state index contributed by atoms with van der Waals surface area (Å²) in [7, 11) is 0. The molecule has 1 amide bonds. The molecule has 1 saturated carbocycles. The van der Waals surface area contributed by atoms with E-state index in [4.69, 9.17) is 0 Å². The molecule has 120 valence electrons. The Morgan fingerprint density at radius 3 is 2.54 bits per heavy atom. The lowest BCUT2D eigenvalue weighted by atomic mass is 9.64. The summed E-state index contributed by atoms with van der Waals surface area (Å²) in [4.78, 5) is 14.3. The van der Waals surface area contributed by atoms with Crippen LogP contribution in [0.15, 0.2) is 48.5 Å². The molecule has 1 aliphatic carbocycles. The van der Waals surface area contributed by atoms with Crippen LogP contribution < -0.4 is 0 Å². The third kappa shape index (κ3) is 2.05. The van der Waals surface area contributed by atoms with Crippen molar-refractivity contribution in [1.29, 1.82) is 5.26 Å². The average Bonchev–Trinajstić information content (AvgIpc) is 2.84. The highest BCUT2D eigenvalue weighted by Gasteiger charge is 2.46. The summed E-state index contributed by atoms with van der Waals surface area (Å²) in [5.41, 5.74) is 1.62. The van der Waals surface area contributed by atoms with E-state index in [-0.39, 0.29) is 16.9 Å². The standard InChI is InChI=1S/C20H17FN2O/c21-16-9-4-8-15-17(12-22)23(19(24)18(15)16)13-20(10-5-11-20)14-6-2-1-3-7-14/h1-4,6-9,17H,5,10-11,13H2. The number of nitriles is 1. The van der Waals surface area contributed by atoms with Gasteiger partial charge in [0.05, 0.1) is 11.6 Å². The van der Waals surface area contributed by atoms with Gasteiger partial charge in [-0.25, -0.2) is 4.39 Å². The lowest BCUT2D eigenvalue weighted by Crippen LogP contribution is -2.46. The lowest BCUT2D eigenvalue weighted by molar-refractivity contribution is 0.0642. The van der Waals surface area contributed by atoms with Gasteiger partial charge in [-0.15, -0.1) is 0 Å². The Bertz CT molecular complexity index is 836. The van der Waals surface area contributed by atoms with Gasteiger partial charge >= 0.3 is 0 Å². The summed E-state index contributed by atoms with van der Waals surface area (Å²) in [5, 5.41) is 9.58. The molecule has 0 N–H and O–H groups in total. The van der Waals surface area contributed by atoms with E-state index >= 15 is 0 Å². The van der Waals surface area contributed by atoms with Gasteiger partial charge in [0, 0.05) is 17.5 Å². The van der Waals surface area contributed by atoms with Crippen molar-refractivity contribution >= 4 is 5.91 Å². The molecule has 4 rings (SSSR count). The smallest absolute Gasteiger partial charge is 0.258 e. The molecule has 0 spiro atoms. The van der Waals surface area contributed by atoms with Crippen LogP contribution in [-0.2, 0) is 5.41 Å². The number of nitrogens with zero attached hydrogens (tertiary/aromatic N) is 2. The Morgan fingerprint density at radius 1 is 1.17 bits per heavy atom. The number of carbonyl (C=O) groups is 1.